The fraction of sp³-hybridized carbons (Fsp3) is 0.100. The highest BCUT2D eigenvalue weighted by molar-refractivity contribution is 9.11. The van der Waals surface area contributed by atoms with Crippen molar-refractivity contribution in [3.63, 3.8) is 0 Å². The molecule has 0 amide bonds. The van der Waals surface area contributed by atoms with Gasteiger partial charge >= 0.3 is 0 Å². The number of hydrogen-bond acceptors (Lipinski definition) is 4. The minimum absolute atomic E-state index is 0.560. The van der Waals surface area contributed by atoms with Gasteiger partial charge in [0.05, 0.1) is 37.0 Å². The lowest BCUT2D eigenvalue weighted by Gasteiger charge is -2.27. The van der Waals surface area contributed by atoms with Gasteiger partial charge in [0.2, 0.25) is 0 Å². The summed E-state index contributed by atoms with van der Waals surface area (Å²) in [6, 6.07) is 48.5. The third kappa shape index (κ3) is 11.9. The van der Waals surface area contributed by atoms with Crippen molar-refractivity contribution in [3.8, 4) is 11.5 Å². The molecule has 0 aromatic heterocycles. The molecule has 0 radical (unpaired) electrons. The van der Waals surface area contributed by atoms with E-state index in [-0.39, 0.29) is 0 Å². The van der Waals surface area contributed by atoms with Gasteiger partial charge in [-0.05, 0) is 148 Å². The van der Waals surface area contributed by atoms with E-state index in [9.17, 15) is 0 Å². The van der Waals surface area contributed by atoms with Crippen LogP contribution in [0.2, 0.25) is 0 Å². The number of methoxy groups -OCH3 is 2. The van der Waals surface area contributed by atoms with Crippen LogP contribution in [0.3, 0.4) is 0 Å². The summed E-state index contributed by atoms with van der Waals surface area (Å²) in [5.41, 5.74) is 6.69. The molecule has 0 spiro atoms. The zero-order chi connectivity index (χ0) is 35.0. The third-order valence-electron chi connectivity index (χ3n) is 7.12. The van der Waals surface area contributed by atoms with E-state index in [1.165, 1.54) is 5.56 Å². The van der Waals surface area contributed by atoms with Crippen LogP contribution in [0.15, 0.2) is 163 Å². The van der Waals surface area contributed by atoms with E-state index in [2.05, 4.69) is 122 Å². The van der Waals surface area contributed by atoms with Crippen molar-refractivity contribution in [2.24, 2.45) is 0 Å². The molecule has 6 rings (SSSR count). The summed E-state index contributed by atoms with van der Waals surface area (Å²) in [7, 11) is 3.33. The highest BCUT2D eigenvalue weighted by Gasteiger charge is 2.15. The monoisotopic (exact) mass is 926 g/mol. The molecule has 9 heteroatoms. The smallest absolute Gasteiger partial charge is 0.118 e. The van der Waals surface area contributed by atoms with E-state index >= 15 is 0 Å². The number of alkyl halides is 1. The van der Waals surface area contributed by atoms with Gasteiger partial charge in [0.15, 0.2) is 0 Å². The number of halogens is 5. The minimum Gasteiger partial charge on any atom is -0.497 e. The van der Waals surface area contributed by atoms with Gasteiger partial charge in [-0.15, -0.1) is 11.6 Å². The Morgan fingerprint density at radius 3 is 1.22 bits per heavy atom. The molecule has 0 aliphatic heterocycles. The number of benzene rings is 6. The molecule has 0 fully saturated rings. The van der Waals surface area contributed by atoms with E-state index in [0.717, 1.165) is 64.2 Å². The van der Waals surface area contributed by atoms with E-state index in [1.54, 1.807) is 14.2 Å². The van der Waals surface area contributed by atoms with Gasteiger partial charge in [-0.3, -0.25) is 0 Å². The molecule has 252 valence electrons. The molecule has 6 aromatic carbocycles. The molecule has 0 saturated carbocycles. The molecule has 0 heterocycles. The molecule has 1 N–H and O–H groups in total. The molecule has 4 nitrogen and oxygen atoms in total. The number of anilines is 4. The van der Waals surface area contributed by atoms with Crippen molar-refractivity contribution in [3.05, 3.63) is 175 Å². The number of nitrogens with zero attached hydrogens (tertiary/aromatic N) is 1. The van der Waals surface area contributed by atoms with Crippen LogP contribution in [-0.2, 0) is 12.4 Å². The van der Waals surface area contributed by atoms with Crippen LogP contribution < -0.4 is 19.7 Å². The lowest BCUT2D eigenvalue weighted by Crippen LogP contribution is -2.17. The average molecular weight is 931 g/mol. The van der Waals surface area contributed by atoms with Crippen molar-refractivity contribution in [1.29, 1.82) is 0 Å². The first-order valence-electron chi connectivity index (χ1n) is 15.2. The first kappa shape index (κ1) is 38.5. The lowest BCUT2D eigenvalue weighted by molar-refractivity contribution is 0.414. The number of para-hydroxylation sites is 4. The number of rotatable bonds is 9. The van der Waals surface area contributed by atoms with Gasteiger partial charge in [0.1, 0.15) is 11.5 Å². The quantitative estimate of drug-likeness (QED) is 0.147. The van der Waals surface area contributed by atoms with Gasteiger partial charge in [-0.25, -0.2) is 0 Å². The fourth-order valence-corrected chi connectivity index (χ4v) is 6.48. The van der Waals surface area contributed by atoms with Gasteiger partial charge in [0, 0.05) is 30.3 Å². The van der Waals surface area contributed by atoms with Crippen molar-refractivity contribution in [1.82, 2.24) is 0 Å². The largest absolute Gasteiger partial charge is 0.497 e. The van der Waals surface area contributed by atoms with Crippen LogP contribution in [0.5, 0.6) is 11.5 Å². The van der Waals surface area contributed by atoms with Gasteiger partial charge in [-0.1, -0.05) is 72.8 Å². The second-order valence-corrected chi connectivity index (χ2v) is 14.1. The Morgan fingerprint density at radius 2 is 0.857 bits per heavy atom. The van der Waals surface area contributed by atoms with Gasteiger partial charge < -0.3 is 19.7 Å². The van der Waals surface area contributed by atoms with Crippen LogP contribution in [0.1, 0.15) is 11.1 Å². The molecular formula is C40H35Br4ClN2O2. The van der Waals surface area contributed by atoms with E-state index in [1.807, 2.05) is 97.1 Å². The van der Waals surface area contributed by atoms with Gasteiger partial charge in [-0.2, -0.15) is 0 Å². The van der Waals surface area contributed by atoms with Crippen molar-refractivity contribution >= 4 is 98.1 Å². The predicted octanol–water partition coefficient (Wildman–Crippen LogP) is 13.9. The topological polar surface area (TPSA) is 33.7 Å². The molecule has 0 aliphatic carbocycles. The molecule has 0 unspecified atom stereocenters. The number of hydrogen-bond donors (Lipinski definition) is 1. The zero-order valence-electron chi connectivity index (χ0n) is 26.9. The first-order valence-corrected chi connectivity index (χ1v) is 18.9. The van der Waals surface area contributed by atoms with Crippen molar-refractivity contribution < 1.29 is 9.47 Å². The maximum atomic E-state index is 5.58. The molecule has 6 aromatic rings. The van der Waals surface area contributed by atoms with Crippen LogP contribution >= 0.6 is 75.3 Å². The second kappa shape index (κ2) is 20.4. The Kier molecular flexibility index (Phi) is 16.1. The van der Waals surface area contributed by atoms with Crippen LogP contribution in [0.25, 0.3) is 0 Å². The predicted molar refractivity (Wildman–Crippen MR) is 221 cm³/mol. The first-order chi connectivity index (χ1) is 23.8. The summed E-state index contributed by atoms with van der Waals surface area (Å²) in [6.45, 7) is 0.759. The summed E-state index contributed by atoms with van der Waals surface area (Å²) < 4.78 is 14.5. The van der Waals surface area contributed by atoms with Crippen LogP contribution in [0, 0.1) is 0 Å². The summed E-state index contributed by atoms with van der Waals surface area (Å²) >= 11 is 19.9. The Morgan fingerprint density at radius 1 is 0.490 bits per heavy atom. The highest BCUT2D eigenvalue weighted by atomic mass is 79.9. The average Bonchev–Trinajstić information content (AvgIpc) is 3.14. The number of ether oxygens (including phenoxy) is 2. The minimum atomic E-state index is 0.560. The maximum absolute atomic E-state index is 5.58. The van der Waals surface area contributed by atoms with Crippen molar-refractivity contribution in [2.45, 2.75) is 12.4 Å². The standard InChI is InChI=1S/C20H17Br2NO.C12H9Br2N.C8H9ClO/c1-24-16-12-10-15(11-13-16)14-23(19-8-4-2-6-17(19)21)20-9-5-3-7-18(20)22;13-9-5-1-3-7-11(9)15-12-8-4-2-6-10(12)14;1-10-8-4-2-7(6-9)3-5-8/h2-13H,14H2,1H3;1-8,15H;2-5H,6H2,1H3. The summed E-state index contributed by atoms with van der Waals surface area (Å²) in [5, 5.41) is 3.35. The summed E-state index contributed by atoms with van der Waals surface area (Å²) in [4.78, 5) is 2.29. The lowest BCUT2D eigenvalue weighted by atomic mass is 10.1. The van der Waals surface area contributed by atoms with E-state index < -0.39 is 0 Å². The molecule has 0 atom stereocenters. The SMILES string of the molecule is Brc1ccccc1Nc1ccccc1Br.COc1ccc(CCl)cc1.COc1ccc(CN(c2ccccc2Br)c2ccccc2Br)cc1. The van der Waals surface area contributed by atoms with Crippen molar-refractivity contribution in [2.75, 3.05) is 24.4 Å². The van der Waals surface area contributed by atoms with Gasteiger partial charge in [0.25, 0.3) is 0 Å². The molecule has 0 aliphatic rings. The zero-order valence-corrected chi connectivity index (χ0v) is 34.0. The maximum Gasteiger partial charge on any atom is 0.118 e. The highest BCUT2D eigenvalue weighted by Crippen LogP contribution is 2.37. The summed E-state index contributed by atoms with van der Waals surface area (Å²) in [5.74, 6) is 2.30. The fourth-order valence-electron chi connectivity index (χ4n) is 4.54. The molecule has 49 heavy (non-hydrogen) atoms. The Hall–Kier alpha value is -3.27. The van der Waals surface area contributed by atoms with E-state index in [4.69, 9.17) is 21.1 Å². The van der Waals surface area contributed by atoms with E-state index in [0.29, 0.717) is 5.88 Å². The normalized spacial score (nSPS) is 10.1. The Bertz CT molecular complexity index is 1780. The Labute approximate surface area is 327 Å². The Balaban J connectivity index is 0.000000184. The number of nitrogens with one attached hydrogen (secondary N) is 1. The summed E-state index contributed by atoms with van der Waals surface area (Å²) in [6.07, 6.45) is 0. The molecular weight excluding hydrogens is 896 g/mol. The molecule has 0 saturated heterocycles. The molecule has 0 bridgehead atoms. The second-order valence-electron chi connectivity index (χ2n) is 10.4. The van der Waals surface area contributed by atoms with Crippen LogP contribution in [-0.4, -0.2) is 14.2 Å². The third-order valence-corrected chi connectivity index (χ3v) is 10.1. The van der Waals surface area contributed by atoms with Crippen LogP contribution in [0.4, 0.5) is 22.7 Å².